The molecule has 3 heterocycles. The third-order valence-corrected chi connectivity index (χ3v) is 7.24. The zero-order chi connectivity index (χ0) is 28.2. The lowest BCUT2D eigenvalue weighted by Gasteiger charge is -2.29. The minimum atomic E-state index is -0.618. The number of hydrogen-bond acceptors (Lipinski definition) is 5. The molecule has 1 atom stereocenters. The second-order valence-electron chi connectivity index (χ2n) is 9.50. The predicted molar refractivity (Wildman–Crippen MR) is 150 cm³/mol. The number of nitrogens with zero attached hydrogens (tertiary/aromatic N) is 4. The molecule has 2 N–H and O–H groups in total. The lowest BCUT2D eigenvalue weighted by Crippen LogP contribution is -2.32. The standard InChI is InChI=1S/C28H25Cl2N5O4/c1-14(2)34-24-22(32-26(34)19-11-16(25(31)36)7-10-21(19)39-4)28(38)35(18-12-20(30)27(37)33(3)13-18)23(24)15-5-8-17(29)9-6-15/h5-14,23H,1-4H3,(H2,31,36). The molecule has 0 saturated carbocycles. The molecular formula is C28H25Cl2N5O4. The molecule has 0 aliphatic carbocycles. The molecule has 0 saturated heterocycles. The second kappa shape index (κ2) is 9.91. The summed E-state index contributed by atoms with van der Waals surface area (Å²) >= 11 is 12.4. The van der Waals surface area contributed by atoms with Crippen LogP contribution in [-0.4, -0.2) is 33.0 Å². The van der Waals surface area contributed by atoms with Crippen LogP contribution >= 0.6 is 23.2 Å². The van der Waals surface area contributed by atoms with Gasteiger partial charge in [-0.25, -0.2) is 4.98 Å². The van der Waals surface area contributed by atoms with Gasteiger partial charge in [-0.2, -0.15) is 0 Å². The largest absolute Gasteiger partial charge is 0.496 e. The lowest BCUT2D eigenvalue weighted by atomic mass is 10.0. The zero-order valence-electron chi connectivity index (χ0n) is 21.6. The maximum Gasteiger partial charge on any atom is 0.279 e. The molecule has 11 heteroatoms. The Bertz CT molecular complexity index is 1670. The number of amides is 2. The summed E-state index contributed by atoms with van der Waals surface area (Å²) in [6.07, 6.45) is 1.57. The first-order valence-corrected chi connectivity index (χ1v) is 12.8. The van der Waals surface area contributed by atoms with Crippen molar-refractivity contribution < 1.29 is 14.3 Å². The topological polar surface area (TPSA) is 112 Å². The molecule has 39 heavy (non-hydrogen) atoms. The number of fused-ring (bicyclic) bond motifs is 1. The highest BCUT2D eigenvalue weighted by atomic mass is 35.5. The summed E-state index contributed by atoms with van der Waals surface area (Å²) in [5, 5.41) is 0.536. The summed E-state index contributed by atoms with van der Waals surface area (Å²) in [6.45, 7) is 3.95. The minimum absolute atomic E-state index is 0.0115. The SMILES string of the molecule is COc1ccc(C(N)=O)cc1-c1nc2c(n1C(C)C)C(c1ccc(Cl)cc1)N(c1cc(Cl)c(=O)n(C)c1)C2=O. The van der Waals surface area contributed by atoms with Gasteiger partial charge in [0.15, 0.2) is 5.69 Å². The summed E-state index contributed by atoms with van der Waals surface area (Å²) in [6, 6.07) is 12.8. The van der Waals surface area contributed by atoms with E-state index in [1.807, 2.05) is 30.5 Å². The first-order chi connectivity index (χ1) is 18.5. The third kappa shape index (κ3) is 4.37. The Morgan fingerprint density at radius 1 is 1.08 bits per heavy atom. The molecule has 2 aromatic carbocycles. The van der Waals surface area contributed by atoms with Crippen LogP contribution in [0, 0.1) is 0 Å². The predicted octanol–water partition coefficient (Wildman–Crippen LogP) is 4.99. The average Bonchev–Trinajstić information content (AvgIpc) is 3.42. The molecule has 1 aliphatic heterocycles. The number of halogens is 2. The average molecular weight is 566 g/mol. The van der Waals surface area contributed by atoms with Crippen LogP contribution in [0.1, 0.15) is 58.0 Å². The van der Waals surface area contributed by atoms with Gasteiger partial charge in [0, 0.05) is 29.9 Å². The molecule has 0 spiro atoms. The summed E-state index contributed by atoms with van der Waals surface area (Å²) in [5.74, 6) is -0.0320. The first kappa shape index (κ1) is 26.5. The number of aryl methyl sites for hydroxylation is 1. The van der Waals surface area contributed by atoms with Crippen LogP contribution in [0.25, 0.3) is 11.4 Å². The number of carbonyl (C=O) groups excluding carboxylic acids is 2. The van der Waals surface area contributed by atoms with E-state index in [2.05, 4.69) is 0 Å². The van der Waals surface area contributed by atoms with Crippen molar-refractivity contribution in [1.29, 1.82) is 0 Å². The fourth-order valence-corrected chi connectivity index (χ4v) is 5.34. The van der Waals surface area contributed by atoms with Crippen molar-refractivity contribution in [2.75, 3.05) is 12.0 Å². The number of methoxy groups -OCH3 is 1. The van der Waals surface area contributed by atoms with Gasteiger partial charge in [-0.3, -0.25) is 19.3 Å². The highest BCUT2D eigenvalue weighted by Crippen LogP contribution is 2.46. The van der Waals surface area contributed by atoms with Crippen LogP contribution < -0.4 is 20.9 Å². The second-order valence-corrected chi connectivity index (χ2v) is 10.3. The highest BCUT2D eigenvalue weighted by molar-refractivity contribution is 6.31. The Kier molecular flexibility index (Phi) is 6.74. The van der Waals surface area contributed by atoms with E-state index in [0.717, 1.165) is 5.56 Å². The van der Waals surface area contributed by atoms with E-state index in [1.165, 1.54) is 17.7 Å². The van der Waals surface area contributed by atoms with Gasteiger partial charge in [0.05, 0.1) is 24.1 Å². The Labute approximate surface area is 234 Å². The van der Waals surface area contributed by atoms with Gasteiger partial charge in [0.1, 0.15) is 22.6 Å². The van der Waals surface area contributed by atoms with Gasteiger partial charge in [0.2, 0.25) is 5.91 Å². The zero-order valence-corrected chi connectivity index (χ0v) is 23.1. The van der Waals surface area contributed by atoms with Crippen LogP contribution in [-0.2, 0) is 7.05 Å². The van der Waals surface area contributed by atoms with Crippen molar-refractivity contribution in [3.63, 3.8) is 0 Å². The monoisotopic (exact) mass is 565 g/mol. The fraction of sp³-hybridized carbons (Fsp3) is 0.214. The molecule has 0 fully saturated rings. The third-order valence-electron chi connectivity index (χ3n) is 6.72. The van der Waals surface area contributed by atoms with Crippen LogP contribution in [0.2, 0.25) is 10.0 Å². The maximum atomic E-state index is 14.1. The van der Waals surface area contributed by atoms with E-state index < -0.39 is 11.9 Å². The van der Waals surface area contributed by atoms with Crippen LogP contribution in [0.15, 0.2) is 59.5 Å². The molecule has 2 amide bonds. The fourth-order valence-electron chi connectivity index (χ4n) is 4.97. The van der Waals surface area contributed by atoms with Crippen molar-refractivity contribution in [1.82, 2.24) is 14.1 Å². The van der Waals surface area contributed by atoms with Gasteiger partial charge in [-0.05, 0) is 55.8 Å². The summed E-state index contributed by atoms with van der Waals surface area (Å²) in [7, 11) is 3.09. The van der Waals surface area contributed by atoms with Crippen LogP contribution in [0.5, 0.6) is 5.75 Å². The molecule has 9 nitrogen and oxygen atoms in total. The van der Waals surface area contributed by atoms with E-state index in [1.54, 1.807) is 48.5 Å². The van der Waals surface area contributed by atoms with E-state index >= 15 is 0 Å². The number of hydrogen-bond donors (Lipinski definition) is 1. The number of rotatable bonds is 6. The number of imidazole rings is 1. The van der Waals surface area contributed by atoms with Crippen LogP contribution in [0.3, 0.4) is 0 Å². The Balaban J connectivity index is 1.81. The summed E-state index contributed by atoms with van der Waals surface area (Å²) in [4.78, 5) is 44.8. The van der Waals surface area contributed by atoms with Gasteiger partial charge in [0.25, 0.3) is 11.5 Å². The molecule has 200 valence electrons. The highest BCUT2D eigenvalue weighted by Gasteiger charge is 2.45. The first-order valence-electron chi connectivity index (χ1n) is 12.1. The number of ether oxygens (including phenoxy) is 1. The minimum Gasteiger partial charge on any atom is -0.496 e. The smallest absolute Gasteiger partial charge is 0.279 e. The van der Waals surface area contributed by atoms with Gasteiger partial charge >= 0.3 is 0 Å². The molecule has 0 radical (unpaired) electrons. The molecule has 5 rings (SSSR count). The molecule has 1 unspecified atom stereocenters. The van der Waals surface area contributed by atoms with Crippen molar-refractivity contribution in [2.45, 2.75) is 25.9 Å². The number of primary amides is 1. The Hall–Kier alpha value is -4.08. The number of pyridine rings is 1. The number of nitrogens with two attached hydrogens (primary N) is 1. The molecule has 0 bridgehead atoms. The lowest BCUT2D eigenvalue weighted by molar-refractivity contribution is 0.0985. The normalized spacial score (nSPS) is 14.7. The van der Waals surface area contributed by atoms with E-state index in [-0.39, 0.29) is 33.8 Å². The number of carbonyl (C=O) groups is 2. The van der Waals surface area contributed by atoms with Gasteiger partial charge in [-0.1, -0.05) is 35.3 Å². The van der Waals surface area contributed by atoms with Crippen molar-refractivity contribution in [3.05, 3.63) is 97.6 Å². The quantitative estimate of drug-likeness (QED) is 0.353. The van der Waals surface area contributed by atoms with Gasteiger partial charge < -0.3 is 19.6 Å². The molecule has 1 aliphatic rings. The maximum absolute atomic E-state index is 14.1. The number of aromatic nitrogens is 3. The number of benzene rings is 2. The Morgan fingerprint density at radius 3 is 2.36 bits per heavy atom. The summed E-state index contributed by atoms with van der Waals surface area (Å²) < 4.78 is 8.88. The van der Waals surface area contributed by atoms with Crippen molar-refractivity contribution in [3.8, 4) is 17.1 Å². The van der Waals surface area contributed by atoms with Crippen molar-refractivity contribution >= 4 is 40.7 Å². The Morgan fingerprint density at radius 2 is 1.77 bits per heavy atom. The molecule has 2 aromatic heterocycles. The molecule has 4 aromatic rings. The van der Waals surface area contributed by atoms with Crippen LogP contribution in [0.4, 0.5) is 5.69 Å². The van der Waals surface area contributed by atoms with Crippen molar-refractivity contribution in [2.24, 2.45) is 12.8 Å². The van der Waals surface area contributed by atoms with E-state index in [0.29, 0.717) is 33.5 Å². The molecular weight excluding hydrogens is 541 g/mol. The summed E-state index contributed by atoms with van der Waals surface area (Å²) in [5.41, 5.74) is 8.09. The number of anilines is 1. The van der Waals surface area contributed by atoms with E-state index in [4.69, 9.17) is 38.7 Å². The van der Waals surface area contributed by atoms with Gasteiger partial charge in [-0.15, -0.1) is 0 Å². The van der Waals surface area contributed by atoms with E-state index in [9.17, 15) is 14.4 Å².